The van der Waals surface area contributed by atoms with E-state index in [4.69, 9.17) is 10.5 Å². The Bertz CT molecular complexity index is 736. The van der Waals surface area contributed by atoms with Gasteiger partial charge in [0, 0.05) is 6.42 Å². The zero-order valence-electron chi connectivity index (χ0n) is 11.1. The van der Waals surface area contributed by atoms with Crippen LogP contribution in [0, 0.1) is 0 Å². The monoisotopic (exact) mass is 345 g/mol. The summed E-state index contributed by atoms with van der Waals surface area (Å²) in [6.45, 7) is -4.63. The largest absolute Gasteiger partial charge is 0.812 e. The Labute approximate surface area is 129 Å². The fourth-order valence-corrected chi connectivity index (χ4v) is 2.79. The molecule has 3 atom stereocenters. The standard InChI is InChI=1S/C10H14N5O5PS/c11-9-8-10(13-3-12-9)15(4-14-8)7-1-5(16)6(20-7)2-19-21(17,18)22/h3-7,16H,1-2H2,(H2,11,12,13)(H2,17,18,22)/p-2/t5-,6+,7+/m0/s1. The third-order valence-electron chi connectivity index (χ3n) is 3.30. The number of nitrogens with two attached hydrogens (primary N) is 1. The first-order valence-electron chi connectivity index (χ1n) is 6.28. The molecule has 0 saturated carbocycles. The van der Waals surface area contributed by atoms with Gasteiger partial charge in [0.05, 0.1) is 19.0 Å². The Balaban J connectivity index is 1.78. The normalized spacial score (nSPS) is 25.9. The molecule has 0 aliphatic carbocycles. The van der Waals surface area contributed by atoms with Gasteiger partial charge in [-0.05, 0) is 0 Å². The van der Waals surface area contributed by atoms with E-state index in [-0.39, 0.29) is 18.8 Å². The van der Waals surface area contributed by atoms with Crippen molar-refractivity contribution in [3.8, 4) is 0 Å². The number of hydrogen-bond acceptors (Lipinski definition) is 10. The van der Waals surface area contributed by atoms with Crippen molar-refractivity contribution in [3.63, 3.8) is 0 Å². The van der Waals surface area contributed by atoms with Crippen LogP contribution in [0.2, 0.25) is 0 Å². The van der Waals surface area contributed by atoms with E-state index in [1.54, 1.807) is 4.57 Å². The summed E-state index contributed by atoms with van der Waals surface area (Å²) in [4.78, 5) is 33.7. The minimum atomic E-state index is -4.28. The molecule has 120 valence electrons. The molecule has 2 aromatic heterocycles. The SMILES string of the molecule is Nc1ncnc2c1ncn2[C@H]1C[C@H](O)[C@@H](COP([O-])([O-])=S)O1. The molecule has 12 heteroatoms. The van der Waals surface area contributed by atoms with Crippen molar-refractivity contribution in [1.29, 1.82) is 0 Å². The molecule has 3 rings (SSSR count). The van der Waals surface area contributed by atoms with Gasteiger partial charge in [-0.1, -0.05) is 6.72 Å². The number of nitrogen functional groups attached to an aromatic ring is 1. The fourth-order valence-electron chi connectivity index (χ4n) is 2.28. The lowest BCUT2D eigenvalue weighted by Gasteiger charge is -2.35. The van der Waals surface area contributed by atoms with Crippen LogP contribution >= 0.6 is 6.72 Å². The van der Waals surface area contributed by atoms with E-state index in [0.29, 0.717) is 11.2 Å². The molecule has 22 heavy (non-hydrogen) atoms. The highest BCUT2D eigenvalue weighted by atomic mass is 32.5. The van der Waals surface area contributed by atoms with Crippen LogP contribution < -0.4 is 15.5 Å². The molecule has 0 spiro atoms. The van der Waals surface area contributed by atoms with E-state index >= 15 is 0 Å². The van der Waals surface area contributed by atoms with Crippen molar-refractivity contribution in [1.82, 2.24) is 19.5 Å². The van der Waals surface area contributed by atoms with Gasteiger partial charge in [-0.3, -0.25) is 4.57 Å². The minimum absolute atomic E-state index is 0.226. The van der Waals surface area contributed by atoms with Gasteiger partial charge in [0.25, 0.3) is 0 Å². The van der Waals surface area contributed by atoms with Gasteiger partial charge >= 0.3 is 0 Å². The van der Waals surface area contributed by atoms with E-state index < -0.39 is 25.2 Å². The highest BCUT2D eigenvalue weighted by Gasteiger charge is 2.36. The second kappa shape index (κ2) is 5.78. The van der Waals surface area contributed by atoms with Crippen molar-refractivity contribution in [3.05, 3.63) is 12.7 Å². The van der Waals surface area contributed by atoms with E-state index in [1.807, 2.05) is 0 Å². The van der Waals surface area contributed by atoms with Gasteiger partial charge in [0.1, 0.15) is 24.2 Å². The predicted molar refractivity (Wildman–Crippen MR) is 74.5 cm³/mol. The van der Waals surface area contributed by atoms with E-state index in [9.17, 15) is 14.9 Å². The second-order valence-corrected chi connectivity index (χ2v) is 7.25. The topological polar surface area (TPSA) is 154 Å². The maximum absolute atomic E-state index is 10.9. The van der Waals surface area contributed by atoms with Crippen LogP contribution in [0.25, 0.3) is 11.2 Å². The third-order valence-corrected chi connectivity index (χ3v) is 4.08. The summed E-state index contributed by atoms with van der Waals surface area (Å²) in [5.74, 6) is 0.237. The van der Waals surface area contributed by atoms with Gasteiger partial charge in [0.2, 0.25) is 0 Å². The Hall–Kier alpha value is -1.20. The van der Waals surface area contributed by atoms with Crippen molar-refractivity contribution < 1.29 is 24.2 Å². The number of fused-ring (bicyclic) bond motifs is 1. The van der Waals surface area contributed by atoms with Gasteiger partial charge < -0.3 is 29.9 Å². The number of rotatable bonds is 4. The van der Waals surface area contributed by atoms with Crippen molar-refractivity contribution in [2.45, 2.75) is 24.9 Å². The molecular formula is C10H12N5O5PS-2. The van der Waals surface area contributed by atoms with Crippen molar-refractivity contribution in [2.75, 3.05) is 12.3 Å². The first kappa shape index (κ1) is 15.7. The molecule has 3 N–H and O–H groups in total. The lowest BCUT2D eigenvalue weighted by atomic mass is 10.2. The third kappa shape index (κ3) is 3.10. The summed E-state index contributed by atoms with van der Waals surface area (Å²) in [5, 5.41) is 9.96. The number of anilines is 1. The van der Waals surface area contributed by atoms with Crippen LogP contribution in [0.15, 0.2) is 12.7 Å². The number of aliphatic hydroxyl groups excluding tert-OH is 1. The number of aliphatic hydroxyl groups is 1. The Morgan fingerprint density at radius 1 is 1.50 bits per heavy atom. The second-order valence-electron chi connectivity index (χ2n) is 4.76. The lowest BCUT2D eigenvalue weighted by Crippen LogP contribution is -2.28. The molecule has 0 unspecified atom stereocenters. The van der Waals surface area contributed by atoms with Crippen LogP contribution in [0.3, 0.4) is 0 Å². The number of aromatic nitrogens is 4. The number of imidazole rings is 1. The summed E-state index contributed by atoms with van der Waals surface area (Å²) in [5.41, 5.74) is 6.59. The number of nitrogens with zero attached hydrogens (tertiary/aromatic N) is 4. The van der Waals surface area contributed by atoms with Crippen LogP contribution in [0.5, 0.6) is 0 Å². The van der Waals surface area contributed by atoms with Crippen molar-refractivity contribution >= 4 is 35.5 Å². The molecule has 10 nitrogen and oxygen atoms in total. The Morgan fingerprint density at radius 2 is 2.27 bits per heavy atom. The predicted octanol–water partition coefficient (Wildman–Crippen LogP) is -1.98. The average Bonchev–Trinajstić information content (AvgIpc) is 3.00. The molecule has 1 aliphatic rings. The molecule has 1 fully saturated rings. The molecule has 1 aliphatic heterocycles. The Morgan fingerprint density at radius 3 is 3.00 bits per heavy atom. The maximum Gasteiger partial charge on any atom is 0.167 e. The summed E-state index contributed by atoms with van der Waals surface area (Å²) >= 11 is 4.14. The average molecular weight is 345 g/mol. The highest BCUT2D eigenvalue weighted by molar-refractivity contribution is 8.05. The molecule has 2 aromatic rings. The van der Waals surface area contributed by atoms with Crippen LogP contribution in [0.4, 0.5) is 5.82 Å². The summed E-state index contributed by atoms with van der Waals surface area (Å²) in [7, 11) is 0. The molecule has 0 bridgehead atoms. The summed E-state index contributed by atoms with van der Waals surface area (Å²) < 4.78 is 11.7. The number of hydrogen-bond donors (Lipinski definition) is 2. The molecule has 3 heterocycles. The van der Waals surface area contributed by atoms with Crippen LogP contribution in [-0.2, 0) is 21.1 Å². The first-order chi connectivity index (χ1) is 10.3. The summed E-state index contributed by atoms with van der Waals surface area (Å²) in [6.07, 6.45) is 0.715. The van der Waals surface area contributed by atoms with Crippen LogP contribution in [-0.4, -0.2) is 43.4 Å². The molecule has 0 radical (unpaired) electrons. The van der Waals surface area contributed by atoms with Gasteiger partial charge in [-0.2, -0.15) is 0 Å². The smallest absolute Gasteiger partial charge is 0.167 e. The van der Waals surface area contributed by atoms with Gasteiger partial charge in [-0.15, -0.1) is 11.8 Å². The van der Waals surface area contributed by atoms with Crippen LogP contribution in [0.1, 0.15) is 12.6 Å². The zero-order chi connectivity index (χ0) is 15.9. The number of ether oxygens (including phenoxy) is 1. The fraction of sp³-hybridized carbons (Fsp3) is 0.500. The quantitative estimate of drug-likeness (QED) is 0.595. The van der Waals surface area contributed by atoms with E-state index in [0.717, 1.165) is 0 Å². The molecule has 1 saturated heterocycles. The molecule has 0 aromatic carbocycles. The summed E-state index contributed by atoms with van der Waals surface area (Å²) in [6, 6.07) is 0. The Kier molecular flexibility index (Phi) is 4.12. The lowest BCUT2D eigenvalue weighted by molar-refractivity contribution is -0.322. The van der Waals surface area contributed by atoms with Crippen molar-refractivity contribution in [2.24, 2.45) is 0 Å². The minimum Gasteiger partial charge on any atom is -0.812 e. The molecular weight excluding hydrogens is 333 g/mol. The highest BCUT2D eigenvalue weighted by Crippen LogP contribution is 2.34. The van der Waals surface area contributed by atoms with E-state index in [2.05, 4.69) is 31.3 Å². The molecule has 0 amide bonds. The van der Waals surface area contributed by atoms with Gasteiger partial charge in [0.15, 0.2) is 11.5 Å². The first-order valence-corrected chi connectivity index (χ1v) is 8.84. The maximum atomic E-state index is 10.9. The van der Waals surface area contributed by atoms with E-state index in [1.165, 1.54) is 12.7 Å². The zero-order valence-corrected chi connectivity index (χ0v) is 12.8. The van der Waals surface area contributed by atoms with Gasteiger partial charge in [-0.25, -0.2) is 15.0 Å².